The molecule has 0 fully saturated rings. The molecule has 0 bridgehead atoms. The van der Waals surface area contributed by atoms with E-state index in [1.165, 1.54) is 12.1 Å². The van der Waals surface area contributed by atoms with Crippen LogP contribution in [0.3, 0.4) is 0 Å². The average Bonchev–Trinajstić information content (AvgIpc) is 2.29. The predicted molar refractivity (Wildman–Crippen MR) is 75.8 cm³/mol. The summed E-state index contributed by atoms with van der Waals surface area (Å²) >= 11 is 0. The lowest BCUT2D eigenvalue weighted by Crippen LogP contribution is -2.37. The Kier molecular flexibility index (Phi) is 5.04. The maximum atomic E-state index is 11.7. The van der Waals surface area contributed by atoms with Crippen LogP contribution in [0.4, 0.5) is 11.4 Å². The number of amides is 1. The number of phenols is 1. The lowest BCUT2D eigenvalue weighted by atomic mass is 10.1. The molecule has 0 saturated carbocycles. The molecule has 0 radical (unpaired) electrons. The van der Waals surface area contributed by atoms with E-state index >= 15 is 0 Å². The Morgan fingerprint density at radius 1 is 1.40 bits per heavy atom. The Balaban J connectivity index is 2.64. The number of hydrogen-bond donors (Lipinski definition) is 3. The minimum absolute atomic E-state index is 0.0774. The van der Waals surface area contributed by atoms with Gasteiger partial charge in [-0.05, 0) is 32.9 Å². The SMILES string of the molecule is CC(C)(C)NCCC(=O)Nc1ccc(O)cc1[N+](=O)[O-]. The van der Waals surface area contributed by atoms with Crippen LogP contribution in [0.5, 0.6) is 5.75 Å². The van der Waals surface area contributed by atoms with Gasteiger partial charge >= 0.3 is 0 Å². The molecule has 1 aromatic rings. The first-order valence-corrected chi connectivity index (χ1v) is 6.21. The van der Waals surface area contributed by atoms with Crippen LogP contribution < -0.4 is 10.6 Å². The largest absolute Gasteiger partial charge is 0.508 e. The summed E-state index contributed by atoms with van der Waals surface area (Å²) in [6, 6.07) is 3.60. The van der Waals surface area contributed by atoms with Crippen LogP contribution in [0.25, 0.3) is 0 Å². The standard InChI is InChI=1S/C13H19N3O4/c1-13(2,3)14-7-6-12(18)15-10-5-4-9(17)8-11(10)16(19)20/h4-5,8,14,17H,6-7H2,1-3H3,(H,15,18). The number of rotatable bonds is 5. The van der Waals surface area contributed by atoms with Crippen LogP contribution in [-0.4, -0.2) is 28.0 Å². The van der Waals surface area contributed by atoms with Crippen molar-refractivity contribution in [3.05, 3.63) is 28.3 Å². The van der Waals surface area contributed by atoms with Gasteiger partial charge in [0.15, 0.2) is 0 Å². The number of anilines is 1. The van der Waals surface area contributed by atoms with E-state index < -0.39 is 4.92 Å². The van der Waals surface area contributed by atoms with Crippen molar-refractivity contribution in [2.24, 2.45) is 0 Å². The van der Waals surface area contributed by atoms with E-state index in [0.29, 0.717) is 6.54 Å². The molecular weight excluding hydrogens is 262 g/mol. The summed E-state index contributed by atoms with van der Waals surface area (Å²) in [5.41, 5.74) is -0.346. The molecular formula is C13H19N3O4. The molecule has 0 saturated heterocycles. The molecule has 7 nitrogen and oxygen atoms in total. The number of nitrogens with zero attached hydrogens (tertiary/aromatic N) is 1. The highest BCUT2D eigenvalue weighted by Gasteiger charge is 2.17. The van der Waals surface area contributed by atoms with Gasteiger partial charge < -0.3 is 15.7 Å². The van der Waals surface area contributed by atoms with E-state index in [2.05, 4.69) is 10.6 Å². The Hall–Kier alpha value is -2.15. The van der Waals surface area contributed by atoms with Gasteiger partial charge in [-0.25, -0.2) is 0 Å². The van der Waals surface area contributed by atoms with E-state index in [1.807, 2.05) is 20.8 Å². The van der Waals surface area contributed by atoms with Gasteiger partial charge in [0.25, 0.3) is 5.69 Å². The summed E-state index contributed by atoms with van der Waals surface area (Å²) in [6.07, 6.45) is 0.204. The van der Waals surface area contributed by atoms with Crippen LogP contribution in [0.2, 0.25) is 0 Å². The van der Waals surface area contributed by atoms with Crippen molar-refractivity contribution in [2.75, 3.05) is 11.9 Å². The Morgan fingerprint density at radius 2 is 2.05 bits per heavy atom. The summed E-state index contributed by atoms with van der Waals surface area (Å²) < 4.78 is 0. The number of phenolic OH excluding ortho intramolecular Hbond substituents is 1. The van der Waals surface area contributed by atoms with Crippen LogP contribution >= 0.6 is 0 Å². The van der Waals surface area contributed by atoms with Crippen LogP contribution in [0.15, 0.2) is 18.2 Å². The Labute approximate surface area is 117 Å². The first-order valence-electron chi connectivity index (χ1n) is 6.21. The van der Waals surface area contributed by atoms with E-state index in [4.69, 9.17) is 0 Å². The lowest BCUT2D eigenvalue weighted by molar-refractivity contribution is -0.384. The Morgan fingerprint density at radius 3 is 2.60 bits per heavy atom. The summed E-state index contributed by atoms with van der Waals surface area (Å²) in [5.74, 6) is -0.542. The van der Waals surface area contributed by atoms with Gasteiger partial charge in [0.05, 0.1) is 11.0 Å². The number of aromatic hydroxyl groups is 1. The second kappa shape index (κ2) is 6.33. The summed E-state index contributed by atoms with van der Waals surface area (Å²) in [5, 5.41) is 25.7. The fourth-order valence-electron chi connectivity index (χ4n) is 1.54. The van der Waals surface area contributed by atoms with Crippen molar-refractivity contribution in [2.45, 2.75) is 32.7 Å². The van der Waals surface area contributed by atoms with Crippen molar-refractivity contribution in [1.82, 2.24) is 5.32 Å². The highest BCUT2D eigenvalue weighted by atomic mass is 16.6. The van der Waals surface area contributed by atoms with Crippen molar-refractivity contribution in [1.29, 1.82) is 0 Å². The third-order valence-electron chi connectivity index (χ3n) is 2.46. The zero-order chi connectivity index (χ0) is 15.3. The van der Waals surface area contributed by atoms with Crippen molar-refractivity contribution < 1.29 is 14.8 Å². The lowest BCUT2D eigenvalue weighted by Gasteiger charge is -2.20. The first kappa shape index (κ1) is 15.9. The van der Waals surface area contributed by atoms with Crippen molar-refractivity contribution >= 4 is 17.3 Å². The molecule has 0 unspecified atom stereocenters. The third-order valence-corrected chi connectivity index (χ3v) is 2.46. The van der Waals surface area contributed by atoms with Gasteiger partial charge in [-0.15, -0.1) is 0 Å². The molecule has 0 aliphatic carbocycles. The molecule has 1 amide bonds. The maximum Gasteiger partial charge on any atom is 0.296 e. The normalized spacial score (nSPS) is 11.2. The molecule has 0 aliphatic rings. The molecule has 7 heteroatoms. The highest BCUT2D eigenvalue weighted by molar-refractivity contribution is 5.93. The fourth-order valence-corrected chi connectivity index (χ4v) is 1.54. The third kappa shape index (κ3) is 5.23. The van der Waals surface area contributed by atoms with E-state index in [1.54, 1.807) is 0 Å². The quantitative estimate of drug-likeness (QED) is 0.435. The second-order valence-corrected chi connectivity index (χ2v) is 5.43. The van der Waals surface area contributed by atoms with Gasteiger partial charge in [-0.3, -0.25) is 14.9 Å². The minimum atomic E-state index is -0.650. The number of benzene rings is 1. The van der Waals surface area contributed by atoms with Crippen LogP contribution in [-0.2, 0) is 4.79 Å². The molecule has 1 aromatic carbocycles. The van der Waals surface area contributed by atoms with Crippen LogP contribution in [0, 0.1) is 10.1 Å². The van der Waals surface area contributed by atoms with Gasteiger partial charge in [-0.2, -0.15) is 0 Å². The molecule has 0 spiro atoms. The molecule has 3 N–H and O–H groups in total. The van der Waals surface area contributed by atoms with Crippen molar-refractivity contribution in [3.8, 4) is 5.75 Å². The maximum absolute atomic E-state index is 11.7. The van der Waals surface area contributed by atoms with Gasteiger partial charge in [0.1, 0.15) is 11.4 Å². The number of nitro benzene ring substituents is 1. The summed E-state index contributed by atoms with van der Waals surface area (Å²) in [4.78, 5) is 21.9. The van der Waals surface area contributed by atoms with Crippen LogP contribution in [0.1, 0.15) is 27.2 Å². The smallest absolute Gasteiger partial charge is 0.296 e. The number of carbonyl (C=O) groups excluding carboxylic acids is 1. The molecule has 0 aromatic heterocycles. The second-order valence-electron chi connectivity index (χ2n) is 5.43. The zero-order valence-corrected chi connectivity index (χ0v) is 11.8. The van der Waals surface area contributed by atoms with Gasteiger partial charge in [0, 0.05) is 18.5 Å². The monoisotopic (exact) mass is 281 g/mol. The number of nitrogens with one attached hydrogen (secondary N) is 2. The van der Waals surface area contributed by atoms with E-state index in [0.717, 1.165) is 6.07 Å². The molecule has 0 aliphatic heterocycles. The Bertz CT molecular complexity index is 509. The molecule has 110 valence electrons. The average molecular weight is 281 g/mol. The fraction of sp³-hybridized carbons (Fsp3) is 0.462. The van der Waals surface area contributed by atoms with E-state index in [9.17, 15) is 20.0 Å². The summed E-state index contributed by atoms with van der Waals surface area (Å²) in [7, 11) is 0. The van der Waals surface area contributed by atoms with Crippen molar-refractivity contribution in [3.63, 3.8) is 0 Å². The van der Waals surface area contributed by atoms with Gasteiger partial charge in [0.2, 0.25) is 5.91 Å². The zero-order valence-electron chi connectivity index (χ0n) is 11.8. The van der Waals surface area contributed by atoms with Gasteiger partial charge in [-0.1, -0.05) is 0 Å². The molecule has 20 heavy (non-hydrogen) atoms. The summed E-state index contributed by atoms with van der Waals surface area (Å²) in [6.45, 7) is 6.42. The molecule has 1 rings (SSSR count). The number of nitro groups is 1. The van der Waals surface area contributed by atoms with E-state index in [-0.39, 0.29) is 35.0 Å². The topological polar surface area (TPSA) is 104 Å². The first-order chi connectivity index (χ1) is 9.19. The number of hydrogen-bond acceptors (Lipinski definition) is 5. The number of carbonyl (C=O) groups is 1. The minimum Gasteiger partial charge on any atom is -0.508 e. The molecule has 0 atom stereocenters. The molecule has 0 heterocycles. The predicted octanol–water partition coefficient (Wildman–Crippen LogP) is 2.02. The highest BCUT2D eigenvalue weighted by Crippen LogP contribution is 2.28.